The maximum atomic E-state index is 11.6. The second-order valence-electron chi connectivity index (χ2n) is 4.20. The topological polar surface area (TPSA) is 86.5 Å². The highest BCUT2D eigenvalue weighted by atomic mass is 32.1. The van der Waals surface area contributed by atoms with E-state index >= 15 is 0 Å². The summed E-state index contributed by atoms with van der Waals surface area (Å²) >= 11 is 1.36. The fraction of sp³-hybridized carbons (Fsp3) is 0.286. The molecule has 0 radical (unpaired) electrons. The third-order valence-electron chi connectivity index (χ3n) is 2.67. The molecule has 1 heterocycles. The lowest BCUT2D eigenvalue weighted by molar-refractivity contribution is -0.123. The van der Waals surface area contributed by atoms with Crippen LogP contribution in [0.15, 0.2) is 29.6 Å². The number of amides is 1. The molecule has 1 aromatic heterocycles. The van der Waals surface area contributed by atoms with Crippen LogP contribution < -0.4 is 15.8 Å². The van der Waals surface area contributed by atoms with Crippen LogP contribution in [0.1, 0.15) is 0 Å². The molecule has 1 aromatic carbocycles. The predicted molar refractivity (Wildman–Crippen MR) is 82.3 cm³/mol. The van der Waals surface area contributed by atoms with E-state index in [1.54, 1.807) is 13.2 Å². The van der Waals surface area contributed by atoms with E-state index in [0.717, 1.165) is 11.3 Å². The van der Waals surface area contributed by atoms with E-state index in [0.29, 0.717) is 24.0 Å². The number of methoxy groups -OCH3 is 1. The second-order valence-corrected chi connectivity index (χ2v) is 5.09. The van der Waals surface area contributed by atoms with E-state index in [-0.39, 0.29) is 12.5 Å². The predicted octanol–water partition coefficient (Wildman–Crippen LogP) is 1.53. The Bertz CT molecular complexity index is 601. The number of nitrogen functional groups attached to an aromatic ring is 1. The molecule has 0 spiro atoms. The number of benzene rings is 1. The molecule has 2 rings (SSSR count). The Hall–Kier alpha value is -2.12. The number of hydrogen-bond donors (Lipinski definition) is 2. The molecule has 7 heteroatoms. The Morgan fingerprint density at radius 3 is 2.95 bits per heavy atom. The summed E-state index contributed by atoms with van der Waals surface area (Å²) in [4.78, 5) is 15.8. The first-order chi connectivity index (χ1) is 10.2. The lowest BCUT2D eigenvalue weighted by atomic mass is 10.1. The minimum atomic E-state index is -0.195. The van der Waals surface area contributed by atoms with Gasteiger partial charge in [0.05, 0.1) is 12.3 Å². The largest absolute Gasteiger partial charge is 0.483 e. The molecule has 0 aliphatic rings. The van der Waals surface area contributed by atoms with E-state index in [2.05, 4.69) is 10.3 Å². The number of nitrogens with zero attached hydrogens (tertiary/aromatic N) is 1. The minimum Gasteiger partial charge on any atom is -0.483 e. The summed E-state index contributed by atoms with van der Waals surface area (Å²) in [5.74, 6) is 0.407. The number of rotatable bonds is 7. The van der Waals surface area contributed by atoms with Gasteiger partial charge < -0.3 is 20.5 Å². The van der Waals surface area contributed by atoms with Gasteiger partial charge in [-0.2, -0.15) is 0 Å². The van der Waals surface area contributed by atoms with Gasteiger partial charge in [-0.25, -0.2) is 4.98 Å². The molecule has 0 bridgehead atoms. The zero-order valence-corrected chi connectivity index (χ0v) is 12.5. The number of aromatic nitrogens is 1. The fourth-order valence-electron chi connectivity index (χ4n) is 1.70. The highest BCUT2D eigenvalue weighted by Crippen LogP contribution is 2.31. The maximum Gasteiger partial charge on any atom is 0.258 e. The minimum absolute atomic E-state index is 0.0552. The molecule has 2 aromatic rings. The summed E-state index contributed by atoms with van der Waals surface area (Å²) in [7, 11) is 1.58. The number of anilines is 1. The second kappa shape index (κ2) is 7.61. The van der Waals surface area contributed by atoms with Crippen molar-refractivity contribution in [2.24, 2.45) is 0 Å². The quantitative estimate of drug-likeness (QED) is 0.758. The van der Waals surface area contributed by atoms with Crippen LogP contribution in [0.2, 0.25) is 0 Å². The summed E-state index contributed by atoms with van der Waals surface area (Å²) < 4.78 is 10.4. The van der Waals surface area contributed by atoms with Crippen molar-refractivity contribution < 1.29 is 14.3 Å². The zero-order chi connectivity index (χ0) is 15.1. The SMILES string of the molecule is COCCNC(=O)COc1ccccc1-c1csc(N)n1. The van der Waals surface area contributed by atoms with Crippen LogP contribution in [-0.4, -0.2) is 37.8 Å². The Kier molecular flexibility index (Phi) is 5.53. The van der Waals surface area contributed by atoms with Gasteiger partial charge >= 0.3 is 0 Å². The summed E-state index contributed by atoms with van der Waals surface area (Å²) in [6.07, 6.45) is 0. The van der Waals surface area contributed by atoms with Crippen LogP contribution >= 0.6 is 11.3 Å². The monoisotopic (exact) mass is 307 g/mol. The number of nitrogens with two attached hydrogens (primary N) is 1. The molecule has 21 heavy (non-hydrogen) atoms. The van der Waals surface area contributed by atoms with E-state index in [9.17, 15) is 4.79 Å². The zero-order valence-electron chi connectivity index (χ0n) is 11.7. The third kappa shape index (κ3) is 4.44. The molecule has 0 unspecified atom stereocenters. The standard InChI is InChI=1S/C14H17N3O3S/c1-19-7-6-16-13(18)8-20-12-5-3-2-4-10(12)11-9-21-14(15)17-11/h2-5,9H,6-8H2,1H3,(H2,15,17)(H,16,18). The average Bonchev–Trinajstić information content (AvgIpc) is 2.92. The normalized spacial score (nSPS) is 10.3. The molecule has 0 saturated carbocycles. The average molecular weight is 307 g/mol. The highest BCUT2D eigenvalue weighted by Gasteiger charge is 2.10. The van der Waals surface area contributed by atoms with E-state index < -0.39 is 0 Å². The molecule has 6 nitrogen and oxygen atoms in total. The third-order valence-corrected chi connectivity index (χ3v) is 3.35. The van der Waals surface area contributed by atoms with Gasteiger partial charge in [0.25, 0.3) is 5.91 Å². The Labute approximate surface area is 126 Å². The molecule has 0 aliphatic carbocycles. The van der Waals surface area contributed by atoms with Crippen molar-refractivity contribution in [3.8, 4) is 17.0 Å². The fourth-order valence-corrected chi connectivity index (χ4v) is 2.27. The maximum absolute atomic E-state index is 11.6. The molecule has 0 fully saturated rings. The van der Waals surface area contributed by atoms with Gasteiger partial charge in [0.1, 0.15) is 5.75 Å². The summed E-state index contributed by atoms with van der Waals surface area (Å²) in [6.45, 7) is 0.879. The first kappa shape index (κ1) is 15.3. The van der Waals surface area contributed by atoms with Crippen LogP contribution in [0, 0.1) is 0 Å². The molecule has 0 aliphatic heterocycles. The Morgan fingerprint density at radius 2 is 2.24 bits per heavy atom. The number of thiazole rings is 1. The van der Waals surface area contributed by atoms with Crippen LogP contribution in [0.3, 0.4) is 0 Å². The van der Waals surface area contributed by atoms with Crippen molar-refractivity contribution in [3.05, 3.63) is 29.6 Å². The van der Waals surface area contributed by atoms with Gasteiger partial charge in [-0.15, -0.1) is 11.3 Å². The summed E-state index contributed by atoms with van der Waals surface area (Å²) in [5, 5.41) is 5.05. The van der Waals surface area contributed by atoms with E-state index in [1.165, 1.54) is 11.3 Å². The first-order valence-corrected chi connectivity index (χ1v) is 7.27. The molecular weight excluding hydrogens is 290 g/mol. The number of nitrogens with one attached hydrogen (secondary N) is 1. The highest BCUT2D eigenvalue weighted by molar-refractivity contribution is 7.13. The number of ether oxygens (including phenoxy) is 2. The van der Waals surface area contributed by atoms with Gasteiger partial charge in [-0.05, 0) is 12.1 Å². The number of hydrogen-bond acceptors (Lipinski definition) is 6. The molecular formula is C14H17N3O3S. The van der Waals surface area contributed by atoms with Crippen LogP contribution in [0.25, 0.3) is 11.3 Å². The van der Waals surface area contributed by atoms with Crippen LogP contribution in [-0.2, 0) is 9.53 Å². The first-order valence-electron chi connectivity index (χ1n) is 6.39. The summed E-state index contributed by atoms with van der Waals surface area (Å²) in [5.41, 5.74) is 7.21. The number of carbonyl (C=O) groups is 1. The Morgan fingerprint density at radius 1 is 1.43 bits per heavy atom. The molecule has 0 atom stereocenters. The Balaban J connectivity index is 1.99. The van der Waals surface area contributed by atoms with Gasteiger partial charge in [-0.1, -0.05) is 12.1 Å². The lowest BCUT2D eigenvalue weighted by Gasteiger charge is -2.10. The van der Waals surface area contributed by atoms with Crippen molar-refractivity contribution in [2.75, 3.05) is 32.6 Å². The van der Waals surface area contributed by atoms with Gasteiger partial charge in [-0.3, -0.25) is 4.79 Å². The van der Waals surface area contributed by atoms with Crippen LogP contribution in [0.5, 0.6) is 5.75 Å². The molecule has 112 valence electrons. The molecule has 1 amide bonds. The van der Waals surface area contributed by atoms with Crippen molar-refractivity contribution in [1.29, 1.82) is 0 Å². The van der Waals surface area contributed by atoms with Crippen molar-refractivity contribution in [1.82, 2.24) is 10.3 Å². The lowest BCUT2D eigenvalue weighted by Crippen LogP contribution is -2.31. The smallest absolute Gasteiger partial charge is 0.258 e. The van der Waals surface area contributed by atoms with Crippen molar-refractivity contribution in [2.45, 2.75) is 0 Å². The summed E-state index contributed by atoms with van der Waals surface area (Å²) in [6, 6.07) is 7.41. The van der Waals surface area contributed by atoms with E-state index in [1.807, 2.05) is 23.6 Å². The van der Waals surface area contributed by atoms with Gasteiger partial charge in [0.15, 0.2) is 11.7 Å². The molecule has 3 N–H and O–H groups in total. The van der Waals surface area contributed by atoms with Gasteiger partial charge in [0.2, 0.25) is 0 Å². The van der Waals surface area contributed by atoms with Crippen LogP contribution in [0.4, 0.5) is 5.13 Å². The molecule has 0 saturated heterocycles. The van der Waals surface area contributed by atoms with Crippen molar-refractivity contribution in [3.63, 3.8) is 0 Å². The number of carbonyl (C=O) groups excluding carboxylic acids is 1. The van der Waals surface area contributed by atoms with E-state index in [4.69, 9.17) is 15.2 Å². The number of para-hydroxylation sites is 1. The van der Waals surface area contributed by atoms with Crippen molar-refractivity contribution >= 4 is 22.4 Å². The van der Waals surface area contributed by atoms with Gasteiger partial charge in [0, 0.05) is 24.6 Å².